The minimum atomic E-state index is -4.93. The van der Waals surface area contributed by atoms with Gasteiger partial charge in [-0.05, 0) is 54.6 Å². The molecule has 1 aliphatic heterocycles. The van der Waals surface area contributed by atoms with E-state index in [-0.39, 0.29) is 12.9 Å². The van der Waals surface area contributed by atoms with Crippen molar-refractivity contribution in [3.05, 3.63) is 71.8 Å². The Morgan fingerprint density at radius 3 is 1.81 bits per heavy atom. The average Bonchev–Trinajstić information content (AvgIpc) is 3.20. The summed E-state index contributed by atoms with van der Waals surface area (Å²) >= 11 is 0. The maximum atomic E-state index is 13.0. The summed E-state index contributed by atoms with van der Waals surface area (Å²) in [5, 5.41) is 0. The standard InChI is InChI=1S/C21H14F6N2O3/c22-20(23,24)12-7-13(21(25,26)27)9-15(8-12)29-28-14-1-3-16(4-2-14)32-17-5-6-18-19(10-17)31-11-30-18/h1-10,28-29H,11H2. The highest BCUT2D eigenvalue weighted by atomic mass is 19.4. The molecule has 0 atom stereocenters. The first kappa shape index (κ1) is 21.5. The van der Waals surface area contributed by atoms with Crippen LogP contribution in [0, 0.1) is 0 Å². The Bertz CT molecular complexity index is 1080. The van der Waals surface area contributed by atoms with Crippen molar-refractivity contribution in [2.45, 2.75) is 12.4 Å². The summed E-state index contributed by atoms with van der Waals surface area (Å²) in [6.45, 7) is 0.127. The van der Waals surface area contributed by atoms with E-state index >= 15 is 0 Å². The molecular formula is C21H14F6N2O3. The third kappa shape index (κ3) is 4.93. The second kappa shape index (κ2) is 8.06. The quantitative estimate of drug-likeness (QED) is 0.331. The van der Waals surface area contributed by atoms with E-state index in [0.29, 0.717) is 40.8 Å². The number of halogens is 6. The molecule has 32 heavy (non-hydrogen) atoms. The summed E-state index contributed by atoms with van der Waals surface area (Å²) in [7, 11) is 0. The van der Waals surface area contributed by atoms with Crippen molar-refractivity contribution in [1.29, 1.82) is 0 Å². The summed E-state index contributed by atoms with van der Waals surface area (Å²) in [6.07, 6.45) is -9.85. The third-order valence-electron chi connectivity index (χ3n) is 4.37. The van der Waals surface area contributed by atoms with Crippen LogP contribution in [0.25, 0.3) is 0 Å². The van der Waals surface area contributed by atoms with E-state index in [1.165, 1.54) is 12.1 Å². The topological polar surface area (TPSA) is 51.8 Å². The average molecular weight is 456 g/mol. The number of alkyl halides is 6. The van der Waals surface area contributed by atoms with Gasteiger partial charge in [0.1, 0.15) is 11.5 Å². The summed E-state index contributed by atoms with van der Waals surface area (Å²) in [4.78, 5) is 0. The number of benzene rings is 3. The van der Waals surface area contributed by atoms with Gasteiger partial charge >= 0.3 is 12.4 Å². The van der Waals surface area contributed by atoms with E-state index < -0.39 is 29.2 Å². The van der Waals surface area contributed by atoms with Crippen molar-refractivity contribution in [2.75, 3.05) is 17.6 Å². The van der Waals surface area contributed by atoms with Gasteiger partial charge in [-0.15, -0.1) is 0 Å². The van der Waals surface area contributed by atoms with Gasteiger partial charge in [-0.1, -0.05) is 0 Å². The number of nitrogens with one attached hydrogen (secondary N) is 2. The molecule has 2 N–H and O–H groups in total. The lowest BCUT2D eigenvalue weighted by atomic mass is 10.1. The van der Waals surface area contributed by atoms with E-state index in [1.807, 2.05) is 0 Å². The molecule has 3 aromatic rings. The molecule has 168 valence electrons. The molecule has 0 fully saturated rings. The third-order valence-corrected chi connectivity index (χ3v) is 4.37. The summed E-state index contributed by atoms with van der Waals surface area (Å²) in [5.41, 5.74) is 2.09. The smallest absolute Gasteiger partial charge is 0.416 e. The van der Waals surface area contributed by atoms with Crippen LogP contribution >= 0.6 is 0 Å². The van der Waals surface area contributed by atoms with Crippen LogP contribution in [0.5, 0.6) is 23.0 Å². The van der Waals surface area contributed by atoms with Crippen LogP contribution in [-0.2, 0) is 12.4 Å². The normalized spacial score (nSPS) is 13.1. The molecule has 1 aliphatic rings. The Balaban J connectivity index is 1.44. The van der Waals surface area contributed by atoms with Crippen LogP contribution in [0.4, 0.5) is 37.7 Å². The van der Waals surface area contributed by atoms with Crippen LogP contribution in [-0.4, -0.2) is 6.79 Å². The van der Waals surface area contributed by atoms with E-state index in [4.69, 9.17) is 14.2 Å². The van der Waals surface area contributed by atoms with Gasteiger partial charge < -0.3 is 25.1 Å². The first-order chi connectivity index (χ1) is 15.1. The number of hydrogen-bond acceptors (Lipinski definition) is 5. The predicted molar refractivity (Wildman–Crippen MR) is 103 cm³/mol. The first-order valence-corrected chi connectivity index (χ1v) is 9.07. The molecule has 3 aromatic carbocycles. The Morgan fingerprint density at radius 2 is 1.19 bits per heavy atom. The highest BCUT2D eigenvalue weighted by Gasteiger charge is 2.36. The lowest BCUT2D eigenvalue weighted by molar-refractivity contribution is -0.143. The van der Waals surface area contributed by atoms with Crippen molar-refractivity contribution < 1.29 is 40.6 Å². The van der Waals surface area contributed by atoms with Crippen LogP contribution in [0.15, 0.2) is 60.7 Å². The molecule has 0 saturated carbocycles. The Hall–Kier alpha value is -3.76. The van der Waals surface area contributed by atoms with Gasteiger partial charge in [0.2, 0.25) is 6.79 Å². The molecule has 1 heterocycles. The lowest BCUT2D eigenvalue weighted by Crippen LogP contribution is -2.14. The molecule has 0 amide bonds. The zero-order valence-electron chi connectivity index (χ0n) is 16.0. The second-order valence-electron chi connectivity index (χ2n) is 6.69. The molecule has 0 spiro atoms. The van der Waals surface area contributed by atoms with Crippen molar-refractivity contribution in [1.82, 2.24) is 0 Å². The van der Waals surface area contributed by atoms with Gasteiger partial charge in [-0.2, -0.15) is 26.3 Å². The molecule has 0 bridgehead atoms. The minimum absolute atomic E-state index is 0.0629. The summed E-state index contributed by atoms with van der Waals surface area (Å²) in [6, 6.07) is 12.5. The van der Waals surface area contributed by atoms with E-state index in [9.17, 15) is 26.3 Å². The fourth-order valence-corrected chi connectivity index (χ4v) is 2.85. The first-order valence-electron chi connectivity index (χ1n) is 9.07. The van der Waals surface area contributed by atoms with E-state index in [0.717, 1.165) is 0 Å². The molecule has 0 aromatic heterocycles. The number of ether oxygens (including phenoxy) is 3. The highest BCUT2D eigenvalue weighted by molar-refractivity contribution is 5.57. The molecule has 4 rings (SSSR count). The van der Waals surface area contributed by atoms with Gasteiger partial charge in [0.25, 0.3) is 0 Å². The SMILES string of the molecule is FC(F)(F)c1cc(NNc2ccc(Oc3ccc4c(c3)OCO4)cc2)cc(C(F)(F)F)c1. The van der Waals surface area contributed by atoms with Crippen molar-refractivity contribution in [3.63, 3.8) is 0 Å². The molecule has 0 unspecified atom stereocenters. The summed E-state index contributed by atoms with van der Waals surface area (Å²) in [5.74, 6) is 2.10. The molecule has 0 aliphatic carbocycles. The van der Waals surface area contributed by atoms with Crippen molar-refractivity contribution in [2.24, 2.45) is 0 Å². The van der Waals surface area contributed by atoms with Crippen molar-refractivity contribution in [3.8, 4) is 23.0 Å². The monoisotopic (exact) mass is 456 g/mol. The van der Waals surface area contributed by atoms with Gasteiger partial charge in [0, 0.05) is 6.07 Å². The Morgan fingerprint density at radius 1 is 0.625 bits per heavy atom. The molecule has 5 nitrogen and oxygen atoms in total. The van der Waals surface area contributed by atoms with E-state index in [2.05, 4.69) is 10.9 Å². The number of hydrazine groups is 1. The van der Waals surface area contributed by atoms with Crippen LogP contribution in [0.3, 0.4) is 0 Å². The lowest BCUT2D eigenvalue weighted by Gasteiger charge is -2.16. The van der Waals surface area contributed by atoms with Gasteiger partial charge in [0.05, 0.1) is 22.5 Å². The van der Waals surface area contributed by atoms with Gasteiger partial charge in [-0.25, -0.2) is 0 Å². The van der Waals surface area contributed by atoms with Crippen LogP contribution in [0.1, 0.15) is 11.1 Å². The number of hydrogen-bond donors (Lipinski definition) is 2. The Labute approximate surface area is 177 Å². The highest BCUT2D eigenvalue weighted by Crippen LogP contribution is 2.38. The number of fused-ring (bicyclic) bond motifs is 1. The van der Waals surface area contributed by atoms with E-state index in [1.54, 1.807) is 30.3 Å². The van der Waals surface area contributed by atoms with Gasteiger partial charge in [-0.3, -0.25) is 0 Å². The zero-order valence-corrected chi connectivity index (χ0v) is 16.0. The fraction of sp³-hybridized carbons (Fsp3) is 0.143. The second-order valence-corrected chi connectivity index (χ2v) is 6.69. The number of anilines is 2. The fourth-order valence-electron chi connectivity index (χ4n) is 2.85. The predicted octanol–water partition coefficient (Wildman–Crippen LogP) is 6.68. The molecule has 11 heteroatoms. The van der Waals surface area contributed by atoms with Gasteiger partial charge in [0.15, 0.2) is 11.5 Å². The largest absolute Gasteiger partial charge is 0.457 e. The maximum absolute atomic E-state index is 13.0. The molecule has 0 radical (unpaired) electrons. The summed E-state index contributed by atoms with van der Waals surface area (Å²) < 4.78 is 93.9. The van der Waals surface area contributed by atoms with Crippen LogP contribution < -0.4 is 25.1 Å². The Kier molecular flexibility index (Phi) is 5.41. The zero-order chi connectivity index (χ0) is 22.9. The van der Waals surface area contributed by atoms with Crippen LogP contribution in [0.2, 0.25) is 0 Å². The van der Waals surface area contributed by atoms with Crippen molar-refractivity contribution >= 4 is 11.4 Å². The number of rotatable bonds is 5. The molecular weight excluding hydrogens is 442 g/mol. The maximum Gasteiger partial charge on any atom is 0.416 e. The minimum Gasteiger partial charge on any atom is -0.457 e. The molecule has 0 saturated heterocycles.